The van der Waals surface area contributed by atoms with Crippen molar-refractivity contribution in [3.63, 3.8) is 0 Å². The first-order valence-electron chi connectivity index (χ1n) is 9.94. The van der Waals surface area contributed by atoms with Gasteiger partial charge in [-0.15, -0.1) is 0 Å². The standard InChI is InChI=1S/C22H27N3O4S/c1-13(2)11-15-5-7-16(8-6-15)20(14(3)4)25-30(28,29)17-9-10-19-18(12-17)21(26)24-22(27)23-19/h5-10,12-14,20,25H,11H2,1-4H3,(H2,23,24,26,27). The van der Waals surface area contributed by atoms with E-state index in [-0.39, 0.29) is 21.7 Å². The van der Waals surface area contributed by atoms with Crippen LogP contribution in [0.3, 0.4) is 0 Å². The van der Waals surface area contributed by atoms with Crippen molar-refractivity contribution < 1.29 is 8.42 Å². The van der Waals surface area contributed by atoms with E-state index in [4.69, 9.17) is 0 Å². The van der Waals surface area contributed by atoms with Crippen molar-refractivity contribution in [2.75, 3.05) is 0 Å². The van der Waals surface area contributed by atoms with E-state index in [2.05, 4.69) is 28.5 Å². The molecule has 0 saturated carbocycles. The fourth-order valence-electron chi connectivity index (χ4n) is 3.47. The molecule has 1 heterocycles. The monoisotopic (exact) mass is 429 g/mol. The first-order valence-corrected chi connectivity index (χ1v) is 11.4. The fraction of sp³-hybridized carbons (Fsp3) is 0.364. The molecule has 0 fully saturated rings. The molecule has 0 aliphatic carbocycles. The molecule has 30 heavy (non-hydrogen) atoms. The highest BCUT2D eigenvalue weighted by atomic mass is 32.2. The van der Waals surface area contributed by atoms with E-state index < -0.39 is 27.3 Å². The number of benzene rings is 2. The van der Waals surface area contributed by atoms with Crippen LogP contribution < -0.4 is 16.0 Å². The lowest BCUT2D eigenvalue weighted by Gasteiger charge is -2.23. The Morgan fingerprint density at radius 2 is 1.60 bits per heavy atom. The van der Waals surface area contributed by atoms with Gasteiger partial charge in [-0.3, -0.25) is 9.78 Å². The van der Waals surface area contributed by atoms with E-state index in [0.717, 1.165) is 12.0 Å². The van der Waals surface area contributed by atoms with Crippen LogP contribution in [-0.2, 0) is 16.4 Å². The molecule has 0 spiro atoms. The molecule has 0 radical (unpaired) electrons. The molecule has 8 heteroatoms. The van der Waals surface area contributed by atoms with E-state index >= 15 is 0 Å². The maximum atomic E-state index is 13.1. The van der Waals surface area contributed by atoms with Crippen LogP contribution in [0.2, 0.25) is 0 Å². The summed E-state index contributed by atoms with van der Waals surface area (Å²) in [4.78, 5) is 28.0. The van der Waals surface area contributed by atoms with Gasteiger partial charge in [-0.2, -0.15) is 0 Å². The van der Waals surface area contributed by atoms with Crippen molar-refractivity contribution in [1.29, 1.82) is 0 Å². The summed E-state index contributed by atoms with van der Waals surface area (Å²) in [6, 6.07) is 11.6. The van der Waals surface area contributed by atoms with Crippen LogP contribution in [0.1, 0.15) is 44.9 Å². The number of hydrogen-bond donors (Lipinski definition) is 3. The van der Waals surface area contributed by atoms with Gasteiger partial charge in [0.1, 0.15) is 0 Å². The SMILES string of the molecule is CC(C)Cc1ccc(C(NS(=O)(=O)c2ccc3[nH]c(=O)[nH]c(=O)c3c2)C(C)C)cc1. The number of fused-ring (bicyclic) bond motifs is 1. The Morgan fingerprint density at radius 3 is 2.20 bits per heavy atom. The molecule has 0 amide bonds. The van der Waals surface area contributed by atoms with Crippen molar-refractivity contribution in [1.82, 2.24) is 14.7 Å². The predicted molar refractivity (Wildman–Crippen MR) is 118 cm³/mol. The Labute approximate surface area is 175 Å². The second kappa shape index (κ2) is 8.57. The number of aromatic amines is 2. The van der Waals surface area contributed by atoms with Gasteiger partial charge in [-0.05, 0) is 47.6 Å². The van der Waals surface area contributed by atoms with E-state index in [9.17, 15) is 18.0 Å². The molecule has 0 aliphatic heterocycles. The molecular formula is C22H27N3O4S. The molecule has 0 bridgehead atoms. The number of nitrogens with one attached hydrogen (secondary N) is 3. The number of rotatable bonds is 7. The minimum Gasteiger partial charge on any atom is -0.307 e. The lowest BCUT2D eigenvalue weighted by atomic mass is 9.94. The third kappa shape index (κ3) is 4.88. The minimum absolute atomic E-state index is 0.0101. The van der Waals surface area contributed by atoms with Gasteiger partial charge in [0, 0.05) is 6.04 Å². The van der Waals surface area contributed by atoms with Crippen molar-refractivity contribution in [2.24, 2.45) is 11.8 Å². The molecule has 0 saturated heterocycles. The van der Waals surface area contributed by atoms with Gasteiger partial charge in [-0.1, -0.05) is 52.0 Å². The van der Waals surface area contributed by atoms with Crippen LogP contribution in [0.25, 0.3) is 10.9 Å². The quantitative estimate of drug-likeness (QED) is 0.536. The molecule has 1 atom stereocenters. The van der Waals surface area contributed by atoms with Crippen molar-refractivity contribution in [3.05, 3.63) is 74.4 Å². The van der Waals surface area contributed by atoms with Gasteiger partial charge in [-0.25, -0.2) is 17.9 Å². The molecule has 3 rings (SSSR count). The van der Waals surface area contributed by atoms with Gasteiger partial charge < -0.3 is 4.98 Å². The van der Waals surface area contributed by atoms with Crippen LogP contribution in [0, 0.1) is 11.8 Å². The fourth-order valence-corrected chi connectivity index (χ4v) is 4.87. The topological polar surface area (TPSA) is 112 Å². The molecule has 160 valence electrons. The zero-order chi connectivity index (χ0) is 22.1. The third-order valence-corrected chi connectivity index (χ3v) is 6.39. The molecule has 0 aliphatic rings. The largest absolute Gasteiger partial charge is 0.326 e. The summed E-state index contributed by atoms with van der Waals surface area (Å²) in [5.41, 5.74) is 1.10. The summed E-state index contributed by atoms with van der Waals surface area (Å²) in [7, 11) is -3.89. The smallest absolute Gasteiger partial charge is 0.307 e. The summed E-state index contributed by atoms with van der Waals surface area (Å²) in [5.74, 6) is 0.553. The summed E-state index contributed by atoms with van der Waals surface area (Å²) in [6.07, 6.45) is 0.964. The average molecular weight is 430 g/mol. The van der Waals surface area contributed by atoms with Crippen LogP contribution >= 0.6 is 0 Å². The highest BCUT2D eigenvalue weighted by Crippen LogP contribution is 2.26. The maximum absolute atomic E-state index is 13.1. The van der Waals surface area contributed by atoms with E-state index in [0.29, 0.717) is 5.92 Å². The van der Waals surface area contributed by atoms with Gasteiger partial charge in [0.15, 0.2) is 0 Å². The lowest BCUT2D eigenvalue weighted by molar-refractivity contribution is 0.463. The minimum atomic E-state index is -3.89. The number of sulfonamides is 1. The predicted octanol–water partition coefficient (Wildman–Crippen LogP) is 3.09. The Hall–Kier alpha value is -2.71. The highest BCUT2D eigenvalue weighted by Gasteiger charge is 2.24. The molecule has 3 N–H and O–H groups in total. The van der Waals surface area contributed by atoms with Gasteiger partial charge in [0.05, 0.1) is 15.8 Å². The Kier molecular flexibility index (Phi) is 6.28. The number of hydrogen-bond acceptors (Lipinski definition) is 4. The van der Waals surface area contributed by atoms with E-state index in [1.165, 1.54) is 23.8 Å². The second-order valence-electron chi connectivity index (χ2n) is 8.30. The van der Waals surface area contributed by atoms with Crippen LogP contribution in [0.15, 0.2) is 56.9 Å². The van der Waals surface area contributed by atoms with Crippen LogP contribution in [0.5, 0.6) is 0 Å². The van der Waals surface area contributed by atoms with Crippen molar-refractivity contribution in [2.45, 2.75) is 45.1 Å². The average Bonchev–Trinajstić information content (AvgIpc) is 2.66. The molecule has 3 aromatic rings. The number of aromatic nitrogens is 2. The number of H-pyrrole nitrogens is 2. The Bertz CT molecular complexity index is 1260. The molecular weight excluding hydrogens is 402 g/mol. The van der Waals surface area contributed by atoms with E-state index in [1.807, 2.05) is 38.1 Å². The molecule has 1 aromatic heterocycles. The second-order valence-corrected chi connectivity index (χ2v) is 10.0. The van der Waals surface area contributed by atoms with Gasteiger partial charge >= 0.3 is 5.69 Å². The summed E-state index contributed by atoms with van der Waals surface area (Å²) < 4.78 is 28.9. The van der Waals surface area contributed by atoms with Gasteiger partial charge in [0.2, 0.25) is 10.0 Å². The van der Waals surface area contributed by atoms with E-state index in [1.54, 1.807) is 0 Å². The van der Waals surface area contributed by atoms with Crippen molar-refractivity contribution in [3.8, 4) is 0 Å². The maximum Gasteiger partial charge on any atom is 0.326 e. The molecule has 2 aromatic carbocycles. The Morgan fingerprint density at radius 1 is 0.933 bits per heavy atom. The van der Waals surface area contributed by atoms with Crippen LogP contribution in [-0.4, -0.2) is 18.4 Å². The zero-order valence-corrected chi connectivity index (χ0v) is 18.3. The third-order valence-electron chi connectivity index (χ3n) is 4.95. The molecule has 7 nitrogen and oxygen atoms in total. The van der Waals surface area contributed by atoms with Gasteiger partial charge in [0.25, 0.3) is 5.56 Å². The Balaban J connectivity index is 1.94. The lowest BCUT2D eigenvalue weighted by Crippen LogP contribution is -2.32. The summed E-state index contributed by atoms with van der Waals surface area (Å²) in [5, 5.41) is 0.108. The summed E-state index contributed by atoms with van der Waals surface area (Å²) >= 11 is 0. The van der Waals surface area contributed by atoms with Crippen LogP contribution in [0.4, 0.5) is 0 Å². The normalized spacial score (nSPS) is 13.3. The first kappa shape index (κ1) is 22.0. The highest BCUT2D eigenvalue weighted by molar-refractivity contribution is 7.89. The van der Waals surface area contributed by atoms with Crippen molar-refractivity contribution >= 4 is 20.9 Å². The first-order chi connectivity index (χ1) is 14.1. The zero-order valence-electron chi connectivity index (χ0n) is 17.5. The molecule has 1 unspecified atom stereocenters. The summed E-state index contributed by atoms with van der Waals surface area (Å²) in [6.45, 7) is 8.21.